The van der Waals surface area contributed by atoms with Crippen molar-refractivity contribution in [3.8, 4) is 10.6 Å². The number of aromatic nitrogens is 5. The Labute approximate surface area is 148 Å². The van der Waals surface area contributed by atoms with Gasteiger partial charge in [0, 0.05) is 23.0 Å². The summed E-state index contributed by atoms with van der Waals surface area (Å²) in [6.45, 7) is 6.01. The summed E-state index contributed by atoms with van der Waals surface area (Å²) in [5, 5.41) is 12.4. The molecule has 0 atom stereocenters. The number of fused-ring (bicyclic) bond motifs is 1. The van der Waals surface area contributed by atoms with E-state index >= 15 is 0 Å². The normalized spacial score (nSPS) is 11.5. The number of rotatable bonds is 4. The minimum atomic E-state index is -0.0773. The lowest BCUT2D eigenvalue weighted by atomic mass is 10.1. The number of aromatic amines is 2. The summed E-state index contributed by atoms with van der Waals surface area (Å²) in [7, 11) is 0. The first-order valence-electron chi connectivity index (χ1n) is 8.20. The van der Waals surface area contributed by atoms with Crippen molar-refractivity contribution in [2.24, 2.45) is 0 Å². The highest BCUT2D eigenvalue weighted by atomic mass is 32.1. The van der Waals surface area contributed by atoms with Crippen molar-refractivity contribution in [1.82, 2.24) is 24.8 Å². The largest absolute Gasteiger partial charge is 0.288 e. The Balaban J connectivity index is 1.72. The molecule has 0 spiro atoms. The molecule has 2 N–H and O–H groups in total. The SMILES string of the molecule is Cc1n[nH]c(C)c1CCc1cc(=O)n2[nH]c(-c3cccs3)c(C)c2n1. The van der Waals surface area contributed by atoms with Gasteiger partial charge in [-0.15, -0.1) is 11.3 Å². The number of hydrogen-bond donors (Lipinski definition) is 2. The Morgan fingerprint density at radius 2 is 2.08 bits per heavy atom. The van der Waals surface area contributed by atoms with Gasteiger partial charge < -0.3 is 0 Å². The Morgan fingerprint density at radius 3 is 2.76 bits per heavy atom. The minimum absolute atomic E-state index is 0.0773. The number of nitrogens with zero attached hydrogens (tertiary/aromatic N) is 3. The lowest BCUT2D eigenvalue weighted by Crippen LogP contribution is -2.16. The molecule has 0 amide bonds. The van der Waals surface area contributed by atoms with Gasteiger partial charge in [0.25, 0.3) is 5.56 Å². The molecule has 4 aromatic heterocycles. The summed E-state index contributed by atoms with van der Waals surface area (Å²) in [5.74, 6) is 0. The van der Waals surface area contributed by atoms with Crippen LogP contribution in [-0.4, -0.2) is 24.8 Å². The van der Waals surface area contributed by atoms with E-state index in [0.29, 0.717) is 12.1 Å². The first-order valence-corrected chi connectivity index (χ1v) is 9.08. The molecule has 0 unspecified atom stereocenters. The molecule has 0 saturated heterocycles. The fraction of sp³-hybridized carbons (Fsp3) is 0.278. The van der Waals surface area contributed by atoms with Crippen molar-refractivity contribution in [3.05, 3.63) is 62.1 Å². The molecule has 0 saturated carbocycles. The van der Waals surface area contributed by atoms with Gasteiger partial charge in [0.2, 0.25) is 0 Å². The van der Waals surface area contributed by atoms with Crippen molar-refractivity contribution >= 4 is 17.0 Å². The third-order valence-electron chi connectivity index (χ3n) is 4.59. The van der Waals surface area contributed by atoms with Crippen molar-refractivity contribution in [2.75, 3.05) is 0 Å². The second-order valence-electron chi connectivity index (χ2n) is 6.25. The van der Waals surface area contributed by atoms with Crippen LogP contribution in [0.15, 0.2) is 28.4 Å². The van der Waals surface area contributed by atoms with Crippen LogP contribution in [0.1, 0.15) is 28.2 Å². The van der Waals surface area contributed by atoms with Crippen LogP contribution in [0.5, 0.6) is 0 Å². The molecule has 0 aliphatic carbocycles. The number of nitrogens with one attached hydrogen (secondary N) is 2. The molecule has 0 bridgehead atoms. The van der Waals surface area contributed by atoms with Gasteiger partial charge in [-0.1, -0.05) is 6.07 Å². The molecular weight excluding hydrogens is 334 g/mol. The van der Waals surface area contributed by atoms with Crippen molar-refractivity contribution in [1.29, 1.82) is 0 Å². The smallest absolute Gasteiger partial charge is 0.272 e. The Hall–Kier alpha value is -2.67. The van der Waals surface area contributed by atoms with E-state index in [-0.39, 0.29) is 5.56 Å². The van der Waals surface area contributed by atoms with Gasteiger partial charge in [-0.25, -0.2) is 9.50 Å². The molecule has 7 heteroatoms. The summed E-state index contributed by atoms with van der Waals surface area (Å²) in [6, 6.07) is 5.66. The minimum Gasteiger partial charge on any atom is -0.288 e. The topological polar surface area (TPSA) is 78.8 Å². The molecule has 0 fully saturated rings. The standard InChI is InChI=1S/C18H19N5OS/c1-10-17(15-5-4-8-25-15)22-23-16(24)9-13(19-18(10)23)6-7-14-11(2)20-21-12(14)3/h4-5,8-9,22H,6-7H2,1-3H3,(H,20,21). The fourth-order valence-electron chi connectivity index (χ4n) is 3.18. The first-order chi connectivity index (χ1) is 12.0. The molecule has 4 aromatic rings. The van der Waals surface area contributed by atoms with Gasteiger partial charge in [0.15, 0.2) is 5.65 Å². The molecule has 0 aromatic carbocycles. The van der Waals surface area contributed by atoms with Crippen LogP contribution in [0.3, 0.4) is 0 Å². The molecule has 4 heterocycles. The zero-order valence-electron chi connectivity index (χ0n) is 14.4. The predicted molar refractivity (Wildman–Crippen MR) is 99.3 cm³/mol. The Kier molecular flexibility index (Phi) is 3.80. The molecule has 0 radical (unpaired) electrons. The summed E-state index contributed by atoms with van der Waals surface area (Å²) >= 11 is 1.64. The van der Waals surface area contributed by atoms with E-state index in [1.165, 1.54) is 10.1 Å². The molecule has 25 heavy (non-hydrogen) atoms. The fourth-order valence-corrected chi connectivity index (χ4v) is 3.96. The van der Waals surface area contributed by atoms with Crippen molar-refractivity contribution in [3.63, 3.8) is 0 Å². The second-order valence-corrected chi connectivity index (χ2v) is 7.19. The maximum absolute atomic E-state index is 12.5. The van der Waals surface area contributed by atoms with E-state index in [1.54, 1.807) is 17.4 Å². The van der Waals surface area contributed by atoms with Crippen LogP contribution in [0.4, 0.5) is 0 Å². The van der Waals surface area contributed by atoms with Gasteiger partial charge in [0.1, 0.15) is 0 Å². The van der Waals surface area contributed by atoms with Gasteiger partial charge in [-0.2, -0.15) is 5.10 Å². The second kappa shape index (κ2) is 6.00. The third kappa shape index (κ3) is 2.70. The molecule has 0 aliphatic heterocycles. The summed E-state index contributed by atoms with van der Waals surface area (Å²) < 4.78 is 1.53. The van der Waals surface area contributed by atoms with Gasteiger partial charge >= 0.3 is 0 Å². The lowest BCUT2D eigenvalue weighted by Gasteiger charge is -2.02. The van der Waals surface area contributed by atoms with Gasteiger partial charge in [0.05, 0.1) is 16.3 Å². The van der Waals surface area contributed by atoms with Gasteiger partial charge in [-0.3, -0.25) is 15.0 Å². The average Bonchev–Trinajstić information content (AvgIpc) is 3.28. The highest BCUT2D eigenvalue weighted by Crippen LogP contribution is 2.27. The number of aryl methyl sites for hydroxylation is 4. The lowest BCUT2D eigenvalue weighted by molar-refractivity contribution is 0.849. The quantitative estimate of drug-likeness (QED) is 0.591. The maximum atomic E-state index is 12.5. The van der Waals surface area contributed by atoms with Crippen molar-refractivity contribution < 1.29 is 0 Å². The molecular formula is C18H19N5OS. The molecule has 4 rings (SSSR count). The van der Waals surface area contributed by atoms with Crippen LogP contribution in [0.2, 0.25) is 0 Å². The zero-order chi connectivity index (χ0) is 17.6. The third-order valence-corrected chi connectivity index (χ3v) is 5.47. The molecule has 6 nitrogen and oxygen atoms in total. The van der Waals surface area contributed by atoms with Gasteiger partial charge in [-0.05, 0) is 50.6 Å². The van der Waals surface area contributed by atoms with E-state index in [9.17, 15) is 4.79 Å². The summed E-state index contributed by atoms with van der Waals surface area (Å²) in [4.78, 5) is 18.3. The van der Waals surface area contributed by atoms with Crippen LogP contribution < -0.4 is 5.56 Å². The highest BCUT2D eigenvalue weighted by molar-refractivity contribution is 7.13. The van der Waals surface area contributed by atoms with Crippen LogP contribution in [0.25, 0.3) is 16.2 Å². The van der Waals surface area contributed by atoms with E-state index in [0.717, 1.165) is 39.6 Å². The van der Waals surface area contributed by atoms with E-state index in [4.69, 9.17) is 4.98 Å². The van der Waals surface area contributed by atoms with Crippen LogP contribution in [-0.2, 0) is 12.8 Å². The predicted octanol–water partition coefficient (Wildman–Crippen LogP) is 3.18. The Morgan fingerprint density at radius 1 is 1.24 bits per heavy atom. The van der Waals surface area contributed by atoms with E-state index < -0.39 is 0 Å². The Bertz CT molecular complexity index is 1080. The first kappa shape index (κ1) is 15.8. The summed E-state index contributed by atoms with van der Waals surface area (Å²) in [5.41, 5.74) is 6.67. The number of H-pyrrole nitrogens is 2. The number of thiophene rings is 1. The average molecular weight is 353 g/mol. The monoisotopic (exact) mass is 353 g/mol. The van der Waals surface area contributed by atoms with E-state index in [2.05, 4.69) is 15.3 Å². The highest BCUT2D eigenvalue weighted by Gasteiger charge is 2.14. The molecule has 0 aliphatic rings. The maximum Gasteiger partial charge on any atom is 0.272 e. The summed E-state index contributed by atoms with van der Waals surface area (Å²) in [6.07, 6.45) is 1.53. The van der Waals surface area contributed by atoms with Crippen molar-refractivity contribution in [2.45, 2.75) is 33.6 Å². The van der Waals surface area contributed by atoms with Crippen LogP contribution in [0, 0.1) is 20.8 Å². The zero-order valence-corrected chi connectivity index (χ0v) is 15.2. The number of hydrogen-bond acceptors (Lipinski definition) is 4. The van der Waals surface area contributed by atoms with Crippen LogP contribution >= 0.6 is 11.3 Å². The van der Waals surface area contributed by atoms with E-state index in [1.807, 2.05) is 38.3 Å². The molecule has 128 valence electrons.